The number of hydrogen-bond acceptors (Lipinski definition) is 3. The SMILES string of the molecule is CCCCC(C(C)C)C(C)O.CCCCC(C)(C)CNS(C)(=O)=O. The first-order chi connectivity index (χ1) is 10.9. The van der Waals surface area contributed by atoms with Crippen LogP contribution in [0.5, 0.6) is 0 Å². The molecule has 148 valence electrons. The van der Waals surface area contributed by atoms with Crippen LogP contribution in [0.4, 0.5) is 0 Å². The topological polar surface area (TPSA) is 66.4 Å². The van der Waals surface area contributed by atoms with Crippen LogP contribution in [0.15, 0.2) is 0 Å². The van der Waals surface area contributed by atoms with Crippen LogP contribution in [0.1, 0.15) is 87.0 Å². The molecule has 0 fully saturated rings. The smallest absolute Gasteiger partial charge is 0.208 e. The summed E-state index contributed by atoms with van der Waals surface area (Å²) in [5.41, 5.74) is 0.0685. The van der Waals surface area contributed by atoms with E-state index in [2.05, 4.69) is 46.3 Å². The van der Waals surface area contributed by atoms with Crippen LogP contribution in [0.2, 0.25) is 0 Å². The molecule has 0 saturated carbocycles. The summed E-state index contributed by atoms with van der Waals surface area (Å²) < 4.78 is 24.2. The maximum absolute atomic E-state index is 10.8. The second kappa shape index (κ2) is 13.1. The van der Waals surface area contributed by atoms with Gasteiger partial charge in [-0.05, 0) is 37.0 Å². The Bertz CT molecular complexity index is 381. The van der Waals surface area contributed by atoms with E-state index >= 15 is 0 Å². The second-order valence-corrected chi connectivity index (χ2v) is 9.98. The van der Waals surface area contributed by atoms with E-state index in [1.807, 2.05) is 6.92 Å². The number of unbranched alkanes of at least 4 members (excludes halogenated alkanes) is 2. The first kappa shape index (κ1) is 26.1. The summed E-state index contributed by atoms with van der Waals surface area (Å²) in [5, 5.41) is 9.41. The average Bonchev–Trinajstić information content (AvgIpc) is 2.43. The van der Waals surface area contributed by atoms with Gasteiger partial charge in [-0.15, -0.1) is 0 Å². The summed E-state index contributed by atoms with van der Waals surface area (Å²) in [6.07, 6.45) is 8.08. The van der Waals surface area contributed by atoms with Crippen LogP contribution in [0.25, 0.3) is 0 Å². The van der Waals surface area contributed by atoms with Crippen molar-refractivity contribution in [2.75, 3.05) is 12.8 Å². The molecule has 0 heterocycles. The molecule has 0 bridgehead atoms. The molecule has 0 aromatic carbocycles. The highest BCUT2D eigenvalue weighted by atomic mass is 32.2. The van der Waals surface area contributed by atoms with Crippen molar-refractivity contribution in [3.8, 4) is 0 Å². The first-order valence-electron chi connectivity index (χ1n) is 9.49. The van der Waals surface area contributed by atoms with Crippen molar-refractivity contribution in [3.63, 3.8) is 0 Å². The first-order valence-corrected chi connectivity index (χ1v) is 11.4. The zero-order chi connectivity index (χ0) is 19.4. The fourth-order valence-electron chi connectivity index (χ4n) is 2.64. The monoisotopic (exact) mass is 365 g/mol. The Morgan fingerprint density at radius 1 is 1.04 bits per heavy atom. The molecule has 0 radical (unpaired) electrons. The molecule has 0 aliphatic heterocycles. The Kier molecular flexibility index (Phi) is 14.3. The van der Waals surface area contributed by atoms with Crippen molar-refractivity contribution in [1.82, 2.24) is 4.72 Å². The molecule has 0 aliphatic rings. The number of nitrogens with one attached hydrogen (secondary N) is 1. The Morgan fingerprint density at radius 3 is 1.88 bits per heavy atom. The van der Waals surface area contributed by atoms with E-state index in [1.54, 1.807) is 0 Å². The van der Waals surface area contributed by atoms with E-state index in [4.69, 9.17) is 0 Å². The van der Waals surface area contributed by atoms with Gasteiger partial charge in [0.25, 0.3) is 0 Å². The highest BCUT2D eigenvalue weighted by Gasteiger charge is 2.18. The van der Waals surface area contributed by atoms with E-state index in [-0.39, 0.29) is 11.5 Å². The van der Waals surface area contributed by atoms with Crippen molar-refractivity contribution in [2.24, 2.45) is 17.3 Å². The minimum absolute atomic E-state index is 0.0685. The van der Waals surface area contributed by atoms with Gasteiger partial charge in [0.1, 0.15) is 0 Å². The van der Waals surface area contributed by atoms with Gasteiger partial charge >= 0.3 is 0 Å². The maximum Gasteiger partial charge on any atom is 0.208 e. The zero-order valence-corrected chi connectivity index (χ0v) is 18.2. The van der Waals surface area contributed by atoms with Gasteiger partial charge in [0.15, 0.2) is 0 Å². The molecule has 0 aromatic rings. The van der Waals surface area contributed by atoms with Gasteiger partial charge in [-0.25, -0.2) is 13.1 Å². The molecule has 5 heteroatoms. The third kappa shape index (κ3) is 16.7. The summed E-state index contributed by atoms with van der Waals surface area (Å²) in [5.74, 6) is 1.11. The number of aliphatic hydroxyl groups excluding tert-OH is 1. The third-order valence-electron chi connectivity index (χ3n) is 4.39. The lowest BCUT2D eigenvalue weighted by Gasteiger charge is -2.24. The van der Waals surface area contributed by atoms with Crippen LogP contribution in [0.3, 0.4) is 0 Å². The van der Waals surface area contributed by atoms with E-state index < -0.39 is 10.0 Å². The summed E-state index contributed by atoms with van der Waals surface area (Å²) in [6, 6.07) is 0. The van der Waals surface area contributed by atoms with Crippen LogP contribution in [-0.4, -0.2) is 32.4 Å². The molecule has 4 nitrogen and oxygen atoms in total. The molecule has 0 amide bonds. The minimum Gasteiger partial charge on any atom is -0.393 e. The van der Waals surface area contributed by atoms with Gasteiger partial charge in [-0.2, -0.15) is 0 Å². The van der Waals surface area contributed by atoms with Crippen molar-refractivity contribution >= 4 is 10.0 Å². The fourth-order valence-corrected chi connectivity index (χ4v) is 3.29. The lowest BCUT2D eigenvalue weighted by molar-refractivity contribution is 0.0904. The van der Waals surface area contributed by atoms with Gasteiger partial charge in [-0.1, -0.05) is 67.2 Å². The van der Waals surface area contributed by atoms with Crippen molar-refractivity contribution in [1.29, 1.82) is 0 Å². The molecule has 0 spiro atoms. The van der Waals surface area contributed by atoms with E-state index in [0.717, 1.165) is 19.3 Å². The summed E-state index contributed by atoms with van der Waals surface area (Å²) >= 11 is 0. The van der Waals surface area contributed by atoms with Gasteiger partial charge in [0, 0.05) is 6.54 Å². The predicted molar refractivity (Wildman–Crippen MR) is 106 cm³/mol. The number of aliphatic hydroxyl groups is 1. The van der Waals surface area contributed by atoms with Gasteiger partial charge in [-0.3, -0.25) is 0 Å². The third-order valence-corrected chi connectivity index (χ3v) is 5.06. The molecule has 2 N–H and O–H groups in total. The summed E-state index contributed by atoms with van der Waals surface area (Å²) in [4.78, 5) is 0. The maximum atomic E-state index is 10.8. The highest BCUT2D eigenvalue weighted by Crippen LogP contribution is 2.22. The Balaban J connectivity index is 0. The van der Waals surface area contributed by atoms with Crippen molar-refractivity contribution in [2.45, 2.75) is 93.1 Å². The fraction of sp³-hybridized carbons (Fsp3) is 1.00. The quantitative estimate of drug-likeness (QED) is 0.563. The van der Waals surface area contributed by atoms with Gasteiger partial charge in [0.2, 0.25) is 10.0 Å². The van der Waals surface area contributed by atoms with Gasteiger partial charge < -0.3 is 5.11 Å². The standard InChI is InChI=1S/C10H22O.C9H21NO2S/c1-5-6-7-10(8(2)3)9(4)11;1-5-6-7-9(2,3)8-10-13(4,11)12/h8-11H,5-7H2,1-4H3;10H,5-8H2,1-4H3. The van der Waals surface area contributed by atoms with Crippen LogP contribution in [0, 0.1) is 17.3 Å². The number of hydrogen-bond donors (Lipinski definition) is 2. The van der Waals surface area contributed by atoms with E-state index in [9.17, 15) is 13.5 Å². The summed E-state index contributed by atoms with van der Waals surface area (Å²) in [7, 11) is -3.03. The zero-order valence-electron chi connectivity index (χ0n) is 17.4. The molecule has 24 heavy (non-hydrogen) atoms. The van der Waals surface area contributed by atoms with Crippen molar-refractivity contribution in [3.05, 3.63) is 0 Å². The lowest BCUT2D eigenvalue weighted by Crippen LogP contribution is -2.33. The van der Waals surface area contributed by atoms with E-state index in [1.165, 1.54) is 25.5 Å². The largest absolute Gasteiger partial charge is 0.393 e. The summed E-state index contributed by atoms with van der Waals surface area (Å²) in [6.45, 7) is 15.3. The Labute approximate surface area is 151 Å². The molecule has 0 rings (SSSR count). The van der Waals surface area contributed by atoms with Crippen LogP contribution in [-0.2, 0) is 10.0 Å². The van der Waals surface area contributed by atoms with Crippen LogP contribution >= 0.6 is 0 Å². The molecule has 0 aliphatic carbocycles. The predicted octanol–water partition coefficient (Wildman–Crippen LogP) is 4.58. The highest BCUT2D eigenvalue weighted by molar-refractivity contribution is 7.88. The molecular formula is C19H43NO3S. The van der Waals surface area contributed by atoms with Crippen molar-refractivity contribution < 1.29 is 13.5 Å². The molecule has 2 atom stereocenters. The minimum atomic E-state index is -3.03. The lowest BCUT2D eigenvalue weighted by atomic mass is 9.87. The molecule has 2 unspecified atom stereocenters. The molecule has 0 saturated heterocycles. The van der Waals surface area contributed by atoms with E-state index in [0.29, 0.717) is 18.4 Å². The molecule has 0 aromatic heterocycles. The van der Waals surface area contributed by atoms with Gasteiger partial charge in [0.05, 0.1) is 12.4 Å². The average molecular weight is 366 g/mol. The Hall–Kier alpha value is -0.130. The Morgan fingerprint density at radius 2 is 1.54 bits per heavy atom. The second-order valence-electron chi connectivity index (χ2n) is 8.15. The number of rotatable bonds is 11. The molecular weight excluding hydrogens is 322 g/mol. The van der Waals surface area contributed by atoms with Crippen LogP contribution < -0.4 is 4.72 Å². The normalized spacial score (nSPS) is 14.9. The number of sulfonamides is 1.